The first kappa shape index (κ1) is 12.0. The molecule has 4 nitrogen and oxygen atoms in total. The number of hydrogen-bond acceptors (Lipinski definition) is 4. The molecule has 1 aliphatic heterocycles. The fourth-order valence-corrected chi connectivity index (χ4v) is 1.13. The van der Waals surface area contributed by atoms with Crippen LogP contribution < -0.4 is 11.1 Å². The molecule has 0 aromatic carbocycles. The Bertz CT molecular complexity index is 272. The highest BCUT2D eigenvalue weighted by molar-refractivity contribution is 5.60. The summed E-state index contributed by atoms with van der Waals surface area (Å²) in [5, 5.41) is 2.91. The van der Waals surface area contributed by atoms with Crippen molar-refractivity contribution in [3.63, 3.8) is 0 Å². The number of aliphatic imine (C=N–C) groups is 1. The first-order valence-electron chi connectivity index (χ1n) is 4.46. The van der Waals surface area contributed by atoms with Crippen LogP contribution in [-0.4, -0.2) is 36.7 Å². The van der Waals surface area contributed by atoms with Crippen LogP contribution in [0.5, 0.6) is 0 Å². The topological polar surface area (TPSA) is 53.6 Å². The lowest BCUT2D eigenvalue weighted by atomic mass is 10.3. The summed E-state index contributed by atoms with van der Waals surface area (Å²) in [6.07, 6.45) is -3.07. The van der Waals surface area contributed by atoms with Crippen molar-refractivity contribution in [3.8, 4) is 0 Å². The zero-order valence-corrected chi connectivity index (χ0v) is 8.25. The van der Waals surface area contributed by atoms with Gasteiger partial charge in [-0.25, -0.2) is 4.99 Å². The lowest BCUT2D eigenvalue weighted by molar-refractivity contribution is -0.0828. The van der Waals surface area contributed by atoms with E-state index in [0.717, 1.165) is 0 Å². The first-order chi connectivity index (χ1) is 6.94. The van der Waals surface area contributed by atoms with Crippen molar-refractivity contribution in [2.24, 2.45) is 10.7 Å². The van der Waals surface area contributed by atoms with E-state index in [1.54, 1.807) is 6.92 Å². The van der Waals surface area contributed by atoms with Gasteiger partial charge in [-0.15, -0.1) is 0 Å². The summed E-state index contributed by atoms with van der Waals surface area (Å²) in [5.41, 5.74) is 5.14. The molecular formula is C8H13F3N4. The molecule has 1 saturated heterocycles. The molecule has 3 N–H and O–H groups in total. The quantitative estimate of drug-likeness (QED) is 0.688. The minimum atomic E-state index is -4.36. The predicted molar refractivity (Wildman–Crippen MR) is 51.0 cm³/mol. The highest BCUT2D eigenvalue weighted by atomic mass is 19.4. The highest BCUT2D eigenvalue weighted by Gasteiger charge is 2.30. The van der Waals surface area contributed by atoms with E-state index in [-0.39, 0.29) is 24.6 Å². The standard InChI is InChI=1S/C8H13F3N4/c1-6-14-5-15(6)7(13-3-2-12)4-8(9,10)11/h3-4,6,14H,2,5,12H2,1H3/b7-4+,13-3?. The van der Waals surface area contributed by atoms with Gasteiger partial charge in [0.15, 0.2) is 0 Å². The number of halogens is 3. The molecule has 1 unspecified atom stereocenters. The fraction of sp³-hybridized carbons (Fsp3) is 0.625. The lowest BCUT2D eigenvalue weighted by Gasteiger charge is -2.41. The van der Waals surface area contributed by atoms with E-state index in [1.165, 1.54) is 11.1 Å². The van der Waals surface area contributed by atoms with Crippen molar-refractivity contribution in [3.05, 3.63) is 11.9 Å². The van der Waals surface area contributed by atoms with Gasteiger partial charge in [-0.2, -0.15) is 13.2 Å². The molecule has 0 aliphatic carbocycles. The maximum Gasteiger partial charge on any atom is 0.413 e. The average molecular weight is 222 g/mol. The summed E-state index contributed by atoms with van der Waals surface area (Å²) in [4.78, 5) is 5.18. The molecule has 0 saturated carbocycles. The van der Waals surface area contributed by atoms with Crippen molar-refractivity contribution < 1.29 is 13.2 Å². The minimum Gasteiger partial charge on any atom is -0.328 e. The first-order valence-corrected chi connectivity index (χ1v) is 4.46. The maximum absolute atomic E-state index is 12.2. The van der Waals surface area contributed by atoms with Gasteiger partial charge in [-0.05, 0) is 6.92 Å². The fourth-order valence-electron chi connectivity index (χ4n) is 1.13. The van der Waals surface area contributed by atoms with Crippen LogP contribution in [0.2, 0.25) is 0 Å². The highest BCUT2D eigenvalue weighted by Crippen LogP contribution is 2.23. The predicted octanol–water partition coefficient (Wildman–Crippen LogP) is 0.628. The summed E-state index contributed by atoms with van der Waals surface area (Å²) in [5.74, 6) is -0.112. The average Bonchev–Trinajstić information content (AvgIpc) is 2.09. The summed E-state index contributed by atoms with van der Waals surface area (Å²) < 4.78 is 36.5. The lowest BCUT2D eigenvalue weighted by Crippen LogP contribution is -2.58. The number of allylic oxidation sites excluding steroid dienone is 1. The number of rotatable bonds is 3. The van der Waals surface area contributed by atoms with Crippen molar-refractivity contribution in [2.75, 3.05) is 13.2 Å². The molecule has 7 heteroatoms. The third-order valence-corrected chi connectivity index (χ3v) is 1.94. The number of nitrogens with one attached hydrogen (secondary N) is 1. The Morgan fingerprint density at radius 3 is 2.67 bits per heavy atom. The van der Waals surface area contributed by atoms with Gasteiger partial charge >= 0.3 is 6.18 Å². The van der Waals surface area contributed by atoms with Gasteiger partial charge in [-0.1, -0.05) is 0 Å². The van der Waals surface area contributed by atoms with Crippen LogP contribution in [-0.2, 0) is 0 Å². The second kappa shape index (κ2) is 4.63. The van der Waals surface area contributed by atoms with Gasteiger partial charge < -0.3 is 10.6 Å². The van der Waals surface area contributed by atoms with Crippen molar-refractivity contribution in [1.82, 2.24) is 10.2 Å². The Morgan fingerprint density at radius 2 is 2.33 bits per heavy atom. The molecule has 0 spiro atoms. The molecule has 0 bridgehead atoms. The summed E-state index contributed by atoms with van der Waals surface area (Å²) >= 11 is 0. The summed E-state index contributed by atoms with van der Waals surface area (Å²) in [7, 11) is 0. The van der Waals surface area contributed by atoms with Gasteiger partial charge in [0.2, 0.25) is 0 Å². The third-order valence-electron chi connectivity index (χ3n) is 1.94. The van der Waals surface area contributed by atoms with E-state index in [9.17, 15) is 13.2 Å². The van der Waals surface area contributed by atoms with Crippen LogP contribution in [0.15, 0.2) is 16.9 Å². The summed E-state index contributed by atoms with van der Waals surface area (Å²) in [6.45, 7) is 2.24. The zero-order chi connectivity index (χ0) is 11.5. The van der Waals surface area contributed by atoms with Crippen molar-refractivity contribution >= 4 is 6.21 Å². The molecule has 1 atom stereocenters. The Labute approximate surface area is 85.6 Å². The molecule has 86 valence electrons. The largest absolute Gasteiger partial charge is 0.413 e. The molecular weight excluding hydrogens is 209 g/mol. The second-order valence-corrected chi connectivity index (χ2v) is 3.10. The normalized spacial score (nSPS) is 23.4. The van der Waals surface area contributed by atoms with Gasteiger partial charge in [-0.3, -0.25) is 5.32 Å². The van der Waals surface area contributed by atoms with Gasteiger partial charge in [0.05, 0.1) is 18.9 Å². The van der Waals surface area contributed by atoms with Gasteiger partial charge in [0.25, 0.3) is 0 Å². The van der Waals surface area contributed by atoms with Crippen LogP contribution >= 0.6 is 0 Å². The molecule has 1 heterocycles. The maximum atomic E-state index is 12.2. The van der Waals surface area contributed by atoms with Crippen LogP contribution in [0, 0.1) is 0 Å². The Hall–Kier alpha value is -1.08. The monoisotopic (exact) mass is 222 g/mol. The molecule has 0 aromatic rings. The van der Waals surface area contributed by atoms with Crippen LogP contribution in [0.25, 0.3) is 0 Å². The Kier molecular flexibility index (Phi) is 3.70. The zero-order valence-electron chi connectivity index (χ0n) is 8.25. The number of hydrogen-bond donors (Lipinski definition) is 2. The molecule has 0 aromatic heterocycles. The molecule has 1 aliphatic rings. The molecule has 15 heavy (non-hydrogen) atoms. The summed E-state index contributed by atoms with van der Waals surface area (Å²) in [6, 6.07) is 0. The van der Waals surface area contributed by atoms with Crippen LogP contribution in [0.4, 0.5) is 13.2 Å². The Morgan fingerprint density at radius 1 is 1.67 bits per heavy atom. The van der Waals surface area contributed by atoms with Gasteiger partial charge in [0.1, 0.15) is 5.82 Å². The molecule has 0 radical (unpaired) electrons. The number of nitrogens with two attached hydrogens (primary N) is 1. The van der Waals surface area contributed by atoms with E-state index in [0.29, 0.717) is 6.67 Å². The molecule has 1 rings (SSSR count). The van der Waals surface area contributed by atoms with E-state index in [4.69, 9.17) is 5.73 Å². The second-order valence-electron chi connectivity index (χ2n) is 3.10. The van der Waals surface area contributed by atoms with Crippen LogP contribution in [0.1, 0.15) is 6.92 Å². The van der Waals surface area contributed by atoms with Crippen molar-refractivity contribution in [1.29, 1.82) is 0 Å². The number of alkyl halides is 3. The molecule has 0 amide bonds. The van der Waals surface area contributed by atoms with E-state index in [2.05, 4.69) is 10.3 Å². The SMILES string of the molecule is CC1NCN1/C(=C/C(F)(F)F)N=CCN. The van der Waals surface area contributed by atoms with Gasteiger partial charge in [0, 0.05) is 12.8 Å². The van der Waals surface area contributed by atoms with Crippen molar-refractivity contribution in [2.45, 2.75) is 19.3 Å². The van der Waals surface area contributed by atoms with Crippen LogP contribution in [0.3, 0.4) is 0 Å². The third kappa shape index (κ3) is 3.52. The molecule has 1 fully saturated rings. The van der Waals surface area contributed by atoms with E-state index < -0.39 is 6.18 Å². The minimum absolute atomic E-state index is 0.112. The van der Waals surface area contributed by atoms with E-state index >= 15 is 0 Å². The smallest absolute Gasteiger partial charge is 0.328 e. The van der Waals surface area contributed by atoms with E-state index in [1.807, 2.05) is 0 Å². The number of nitrogens with zero attached hydrogens (tertiary/aromatic N) is 2. The Balaban J connectivity index is 2.78.